The third-order valence-electron chi connectivity index (χ3n) is 5.34. The quantitative estimate of drug-likeness (QED) is 0.682. The number of halogens is 3. The predicted molar refractivity (Wildman–Crippen MR) is 109 cm³/mol. The van der Waals surface area contributed by atoms with Crippen molar-refractivity contribution in [2.75, 3.05) is 50.0 Å². The zero-order valence-corrected chi connectivity index (χ0v) is 17.5. The first-order valence-electron chi connectivity index (χ1n) is 10.3. The number of alkyl halides is 3. The van der Waals surface area contributed by atoms with Crippen molar-refractivity contribution in [2.45, 2.75) is 25.1 Å². The molecule has 4 rings (SSSR count). The van der Waals surface area contributed by atoms with E-state index in [-0.39, 0.29) is 42.3 Å². The summed E-state index contributed by atoms with van der Waals surface area (Å²) < 4.78 is 52.2. The van der Waals surface area contributed by atoms with Gasteiger partial charge in [0.15, 0.2) is 5.69 Å². The minimum atomic E-state index is -4.78. The molecule has 2 aliphatic heterocycles. The topological polar surface area (TPSA) is 140 Å². The van der Waals surface area contributed by atoms with Gasteiger partial charge in [-0.2, -0.15) is 18.2 Å². The molecular formula is C19H22F3N7O4. The summed E-state index contributed by atoms with van der Waals surface area (Å²) in [7, 11) is 0. The molecule has 14 heteroatoms. The molecule has 3 N–H and O–H groups in total. The van der Waals surface area contributed by atoms with Crippen LogP contribution in [0.4, 0.5) is 29.9 Å². The lowest BCUT2D eigenvalue weighted by molar-refractivity contribution is -0.140. The van der Waals surface area contributed by atoms with Crippen LogP contribution < -0.4 is 15.4 Å². The predicted octanol–water partition coefficient (Wildman–Crippen LogP) is 1.89. The Kier molecular flexibility index (Phi) is 6.35. The molecule has 0 aromatic carbocycles. The molecule has 2 aromatic heterocycles. The summed E-state index contributed by atoms with van der Waals surface area (Å²) in [4.78, 5) is 30.0. The van der Waals surface area contributed by atoms with Crippen LogP contribution in [0.2, 0.25) is 0 Å². The molecule has 178 valence electrons. The van der Waals surface area contributed by atoms with E-state index in [0.29, 0.717) is 39.1 Å². The Balaban J connectivity index is 1.68. The van der Waals surface area contributed by atoms with Crippen LogP contribution in [0.1, 0.15) is 18.5 Å². The van der Waals surface area contributed by atoms with Gasteiger partial charge in [-0.1, -0.05) is 0 Å². The number of piperidine rings is 1. The van der Waals surface area contributed by atoms with E-state index in [1.807, 2.05) is 0 Å². The van der Waals surface area contributed by atoms with Gasteiger partial charge < -0.3 is 30.1 Å². The molecule has 33 heavy (non-hydrogen) atoms. The van der Waals surface area contributed by atoms with E-state index in [0.717, 1.165) is 6.20 Å². The molecule has 2 saturated heterocycles. The third kappa shape index (κ3) is 5.32. The minimum absolute atomic E-state index is 0.0585. The van der Waals surface area contributed by atoms with Crippen molar-refractivity contribution in [3.63, 3.8) is 0 Å². The number of nitrogens with two attached hydrogens (primary N) is 1. The fourth-order valence-corrected chi connectivity index (χ4v) is 3.65. The van der Waals surface area contributed by atoms with E-state index >= 15 is 0 Å². The second-order valence-corrected chi connectivity index (χ2v) is 7.57. The highest BCUT2D eigenvalue weighted by Gasteiger charge is 2.37. The Morgan fingerprint density at radius 3 is 2.48 bits per heavy atom. The van der Waals surface area contributed by atoms with Crippen LogP contribution in [-0.4, -0.2) is 81.5 Å². The Morgan fingerprint density at radius 2 is 1.85 bits per heavy atom. The van der Waals surface area contributed by atoms with E-state index in [9.17, 15) is 18.0 Å². The van der Waals surface area contributed by atoms with Crippen molar-refractivity contribution >= 4 is 18.0 Å². The summed E-state index contributed by atoms with van der Waals surface area (Å²) in [5.74, 6) is -0.228. The number of aromatic nitrogens is 4. The molecule has 0 aliphatic carbocycles. The zero-order valence-electron chi connectivity index (χ0n) is 17.5. The number of carbonyl (C=O) groups is 1. The third-order valence-corrected chi connectivity index (χ3v) is 5.34. The highest BCUT2D eigenvalue weighted by Crippen LogP contribution is 2.36. The van der Waals surface area contributed by atoms with Gasteiger partial charge >= 0.3 is 12.3 Å². The summed E-state index contributed by atoms with van der Waals surface area (Å²) in [5, 5.41) is 9.10. The highest BCUT2D eigenvalue weighted by molar-refractivity contribution is 5.65. The summed E-state index contributed by atoms with van der Waals surface area (Å²) in [5.41, 5.74) is 3.77. The van der Waals surface area contributed by atoms with Gasteiger partial charge in [0.25, 0.3) is 0 Å². The molecule has 0 radical (unpaired) electrons. The number of likely N-dealkylation sites (tertiary alicyclic amines) is 1. The lowest BCUT2D eigenvalue weighted by Crippen LogP contribution is -2.41. The van der Waals surface area contributed by atoms with Crippen molar-refractivity contribution in [2.24, 2.45) is 0 Å². The zero-order chi connectivity index (χ0) is 23.6. The molecule has 0 bridgehead atoms. The second-order valence-electron chi connectivity index (χ2n) is 7.57. The highest BCUT2D eigenvalue weighted by atomic mass is 19.4. The first kappa shape index (κ1) is 22.8. The lowest BCUT2D eigenvalue weighted by atomic mass is 10.1. The van der Waals surface area contributed by atoms with E-state index < -0.39 is 23.9 Å². The molecule has 2 aliphatic rings. The smallest absolute Gasteiger partial charge is 0.434 e. The van der Waals surface area contributed by atoms with Crippen LogP contribution in [0.5, 0.6) is 5.88 Å². The minimum Gasteiger partial charge on any atom is -0.474 e. The number of hydrogen-bond acceptors (Lipinski definition) is 9. The van der Waals surface area contributed by atoms with Crippen LogP contribution in [0.25, 0.3) is 11.3 Å². The first-order valence-corrected chi connectivity index (χ1v) is 10.3. The lowest BCUT2D eigenvalue weighted by Gasteiger charge is -2.31. The molecule has 4 heterocycles. The van der Waals surface area contributed by atoms with Crippen LogP contribution in [-0.2, 0) is 10.9 Å². The van der Waals surface area contributed by atoms with E-state index in [2.05, 4.69) is 19.9 Å². The normalized spacial score (nSPS) is 17.8. The number of nitrogens with zero attached hydrogens (tertiary/aromatic N) is 6. The summed E-state index contributed by atoms with van der Waals surface area (Å²) in [6.45, 7) is 2.36. The number of ether oxygens (including phenoxy) is 2. The molecule has 0 unspecified atom stereocenters. The van der Waals surface area contributed by atoms with Gasteiger partial charge in [-0.25, -0.2) is 19.7 Å². The van der Waals surface area contributed by atoms with Gasteiger partial charge in [-0.3, -0.25) is 0 Å². The first-order chi connectivity index (χ1) is 15.7. The van der Waals surface area contributed by atoms with Crippen molar-refractivity contribution in [3.8, 4) is 17.1 Å². The van der Waals surface area contributed by atoms with Gasteiger partial charge in [0, 0.05) is 56.8 Å². The number of morpholine rings is 1. The maximum atomic E-state index is 13.6. The molecule has 0 atom stereocenters. The molecular weight excluding hydrogens is 447 g/mol. The van der Waals surface area contributed by atoms with Gasteiger partial charge in [0.2, 0.25) is 17.8 Å². The van der Waals surface area contributed by atoms with Crippen molar-refractivity contribution < 1.29 is 32.5 Å². The van der Waals surface area contributed by atoms with Gasteiger partial charge in [0.05, 0.1) is 18.9 Å². The fourth-order valence-electron chi connectivity index (χ4n) is 3.65. The number of nitrogen functional groups attached to an aromatic ring is 1. The second kappa shape index (κ2) is 9.21. The summed E-state index contributed by atoms with van der Waals surface area (Å²) in [6.07, 6.45) is -4.29. The number of carboxylic acid groups (broad SMARTS) is 1. The fraction of sp³-hybridized carbons (Fsp3) is 0.526. The Morgan fingerprint density at radius 1 is 1.15 bits per heavy atom. The summed E-state index contributed by atoms with van der Waals surface area (Å²) in [6, 6.07) is 1.30. The van der Waals surface area contributed by atoms with Gasteiger partial charge in [-0.05, 0) is 0 Å². The molecule has 11 nitrogen and oxygen atoms in total. The number of rotatable bonds is 4. The summed E-state index contributed by atoms with van der Waals surface area (Å²) >= 11 is 0. The van der Waals surface area contributed by atoms with E-state index in [1.165, 1.54) is 11.0 Å². The number of hydrogen-bond donors (Lipinski definition) is 2. The van der Waals surface area contributed by atoms with Crippen LogP contribution in [0.15, 0.2) is 12.3 Å². The maximum Gasteiger partial charge on any atom is 0.434 e. The Hall–Kier alpha value is -3.42. The van der Waals surface area contributed by atoms with Crippen LogP contribution in [0.3, 0.4) is 0 Å². The number of amides is 1. The largest absolute Gasteiger partial charge is 0.474 e. The number of anilines is 2. The SMILES string of the molecule is Nc1ncc(-c2cc(OC3CCN(C(=O)O)CC3)nc(N3CCOCC3)n2)c(C(F)(F)F)n1. The van der Waals surface area contributed by atoms with Gasteiger partial charge in [0.1, 0.15) is 6.10 Å². The molecule has 2 aromatic rings. The molecule has 2 fully saturated rings. The van der Waals surface area contributed by atoms with E-state index in [4.69, 9.17) is 20.3 Å². The molecule has 0 spiro atoms. The average Bonchev–Trinajstić information content (AvgIpc) is 2.79. The Bertz CT molecular complexity index is 1010. The van der Waals surface area contributed by atoms with Crippen LogP contribution in [0, 0.1) is 0 Å². The monoisotopic (exact) mass is 469 g/mol. The maximum absolute atomic E-state index is 13.6. The van der Waals surface area contributed by atoms with Crippen LogP contribution >= 0.6 is 0 Å². The van der Waals surface area contributed by atoms with Crippen molar-refractivity contribution in [3.05, 3.63) is 18.0 Å². The average molecular weight is 469 g/mol. The molecule has 0 saturated carbocycles. The Labute approximate surface area is 186 Å². The molecule has 1 amide bonds. The van der Waals surface area contributed by atoms with Crippen molar-refractivity contribution in [1.82, 2.24) is 24.8 Å². The van der Waals surface area contributed by atoms with E-state index in [1.54, 1.807) is 4.90 Å². The van der Waals surface area contributed by atoms with Gasteiger partial charge in [-0.15, -0.1) is 0 Å². The van der Waals surface area contributed by atoms with Crippen molar-refractivity contribution in [1.29, 1.82) is 0 Å². The standard InChI is InChI=1S/C19H22F3N7O4/c20-19(21,22)15-12(10-24-16(23)27-15)13-9-14(26-17(25-13)28-5-7-32-8-6-28)33-11-1-3-29(4-2-11)18(30)31/h9-11H,1-8H2,(H,30,31)(H2,23,24,27).